The fraction of sp³-hybridized carbons (Fsp3) is 0.435. The van der Waals surface area contributed by atoms with E-state index in [4.69, 9.17) is 0 Å². The zero-order chi connectivity index (χ0) is 18.5. The van der Waals surface area contributed by atoms with Crippen molar-refractivity contribution in [2.24, 2.45) is 0 Å². The van der Waals surface area contributed by atoms with Gasteiger partial charge in [0.05, 0.1) is 0 Å². The molecule has 4 rings (SSSR count). The average molecular weight is 436 g/mol. The van der Waals surface area contributed by atoms with E-state index in [1.54, 1.807) is 0 Å². The number of fused-ring (bicyclic) bond motifs is 3. The van der Waals surface area contributed by atoms with Gasteiger partial charge in [0, 0.05) is 43.5 Å². The highest BCUT2D eigenvalue weighted by Gasteiger charge is 2.30. The van der Waals surface area contributed by atoms with Crippen LogP contribution in [0.1, 0.15) is 35.2 Å². The highest BCUT2D eigenvalue weighted by molar-refractivity contribution is 5.94. The Kier molecular flexibility index (Phi) is 9.28. The van der Waals surface area contributed by atoms with Crippen LogP contribution in [0.2, 0.25) is 0 Å². The zero-order valence-electron chi connectivity index (χ0n) is 16.8. The molecule has 1 fully saturated rings. The summed E-state index contributed by atoms with van der Waals surface area (Å²) in [6.45, 7) is 5.33. The lowest BCUT2D eigenvalue weighted by Crippen LogP contribution is -2.55. The fourth-order valence-electron chi connectivity index (χ4n) is 4.37. The van der Waals surface area contributed by atoms with Crippen molar-refractivity contribution in [3.8, 4) is 0 Å². The van der Waals surface area contributed by atoms with Crippen molar-refractivity contribution < 1.29 is 4.79 Å². The number of piperazine rings is 1. The molecular formula is C23H31Cl2N3O. The van der Waals surface area contributed by atoms with E-state index in [2.05, 4.69) is 39.4 Å². The third kappa shape index (κ3) is 5.88. The van der Waals surface area contributed by atoms with Crippen LogP contribution in [0, 0.1) is 0 Å². The number of nitrogens with zero attached hydrogens (tertiary/aromatic N) is 2. The van der Waals surface area contributed by atoms with Crippen molar-refractivity contribution >= 4 is 36.4 Å². The molecule has 2 aromatic carbocycles. The predicted molar refractivity (Wildman–Crippen MR) is 125 cm³/mol. The SMILES string of the molecule is Cl.Cl.O=C(NCCCCN1CCN2c3ccccc3CCC2C1)c1ccccc1. The summed E-state index contributed by atoms with van der Waals surface area (Å²) in [6, 6.07) is 19.0. The van der Waals surface area contributed by atoms with E-state index in [9.17, 15) is 4.79 Å². The summed E-state index contributed by atoms with van der Waals surface area (Å²) in [5.41, 5.74) is 3.71. The maximum atomic E-state index is 12.0. The van der Waals surface area contributed by atoms with Gasteiger partial charge in [-0.2, -0.15) is 0 Å². The van der Waals surface area contributed by atoms with E-state index in [-0.39, 0.29) is 30.7 Å². The van der Waals surface area contributed by atoms with Gasteiger partial charge in [-0.05, 0) is 56.0 Å². The molecule has 1 saturated heterocycles. The van der Waals surface area contributed by atoms with E-state index in [0.29, 0.717) is 6.04 Å². The third-order valence-electron chi connectivity index (χ3n) is 5.84. The predicted octanol–water partition coefficient (Wildman–Crippen LogP) is 4.18. The first-order valence-electron chi connectivity index (χ1n) is 10.2. The first-order chi connectivity index (χ1) is 13.3. The Bertz CT molecular complexity index is 772. The molecule has 1 atom stereocenters. The van der Waals surface area contributed by atoms with Crippen molar-refractivity contribution in [1.29, 1.82) is 0 Å². The lowest BCUT2D eigenvalue weighted by Gasteiger charge is -2.46. The number of nitrogens with one attached hydrogen (secondary N) is 1. The number of anilines is 1. The maximum Gasteiger partial charge on any atom is 0.251 e. The Hall–Kier alpha value is -1.75. The number of hydrogen-bond donors (Lipinski definition) is 1. The van der Waals surface area contributed by atoms with Gasteiger partial charge in [0.1, 0.15) is 0 Å². The molecule has 158 valence electrons. The van der Waals surface area contributed by atoms with Crippen LogP contribution in [-0.2, 0) is 6.42 Å². The van der Waals surface area contributed by atoms with Gasteiger partial charge in [0.25, 0.3) is 5.91 Å². The highest BCUT2D eigenvalue weighted by Crippen LogP contribution is 2.32. The molecule has 0 spiro atoms. The van der Waals surface area contributed by atoms with Crippen LogP contribution in [0.5, 0.6) is 0 Å². The lowest BCUT2D eigenvalue weighted by atomic mass is 9.94. The molecule has 0 radical (unpaired) electrons. The summed E-state index contributed by atoms with van der Waals surface area (Å²) >= 11 is 0. The van der Waals surface area contributed by atoms with E-state index >= 15 is 0 Å². The number of aryl methyl sites for hydroxylation is 1. The minimum absolute atomic E-state index is 0. The molecule has 1 unspecified atom stereocenters. The van der Waals surface area contributed by atoms with Crippen molar-refractivity contribution in [2.45, 2.75) is 31.7 Å². The topological polar surface area (TPSA) is 35.6 Å². The van der Waals surface area contributed by atoms with E-state index in [1.807, 2.05) is 30.3 Å². The number of carbonyl (C=O) groups excluding carboxylic acids is 1. The molecule has 0 saturated carbocycles. The van der Waals surface area contributed by atoms with Gasteiger partial charge >= 0.3 is 0 Å². The quantitative estimate of drug-likeness (QED) is 0.691. The molecule has 1 amide bonds. The van der Waals surface area contributed by atoms with Crippen LogP contribution >= 0.6 is 24.8 Å². The van der Waals surface area contributed by atoms with Crippen LogP contribution in [0.4, 0.5) is 5.69 Å². The van der Waals surface area contributed by atoms with Crippen LogP contribution in [-0.4, -0.2) is 49.6 Å². The average Bonchev–Trinajstić information content (AvgIpc) is 2.73. The fourth-order valence-corrected chi connectivity index (χ4v) is 4.37. The number of carbonyl (C=O) groups is 1. The van der Waals surface area contributed by atoms with Gasteiger partial charge in [-0.3, -0.25) is 9.69 Å². The number of unbranched alkanes of at least 4 members (excludes halogenated alkanes) is 1. The van der Waals surface area contributed by atoms with Crippen LogP contribution in [0.15, 0.2) is 54.6 Å². The van der Waals surface area contributed by atoms with E-state index in [1.165, 1.54) is 30.6 Å². The van der Waals surface area contributed by atoms with Gasteiger partial charge in [-0.1, -0.05) is 36.4 Å². The molecular weight excluding hydrogens is 405 g/mol. The van der Waals surface area contributed by atoms with E-state index < -0.39 is 0 Å². The Morgan fingerprint density at radius 1 is 0.966 bits per heavy atom. The Morgan fingerprint density at radius 2 is 1.72 bits per heavy atom. The second kappa shape index (κ2) is 11.4. The normalized spacial score (nSPS) is 17.9. The molecule has 0 aromatic heterocycles. The standard InChI is InChI=1S/C23H29N3O.2ClH/c27-23(20-9-2-1-3-10-20)24-14-6-7-15-25-16-17-26-21(18-25)13-12-19-8-4-5-11-22(19)26;;/h1-5,8-11,21H,6-7,12-18H2,(H,24,27);2*1H. The summed E-state index contributed by atoms with van der Waals surface area (Å²) < 4.78 is 0. The molecule has 2 aliphatic heterocycles. The summed E-state index contributed by atoms with van der Waals surface area (Å²) in [5.74, 6) is 0.0325. The molecule has 1 N–H and O–H groups in total. The summed E-state index contributed by atoms with van der Waals surface area (Å²) in [6.07, 6.45) is 4.64. The lowest BCUT2D eigenvalue weighted by molar-refractivity contribution is 0.0952. The van der Waals surface area contributed by atoms with Gasteiger partial charge < -0.3 is 10.2 Å². The van der Waals surface area contributed by atoms with Crippen molar-refractivity contribution in [3.63, 3.8) is 0 Å². The first-order valence-corrected chi connectivity index (χ1v) is 10.2. The maximum absolute atomic E-state index is 12.0. The van der Waals surface area contributed by atoms with Gasteiger partial charge in [-0.25, -0.2) is 0 Å². The largest absolute Gasteiger partial charge is 0.366 e. The summed E-state index contributed by atoms with van der Waals surface area (Å²) in [7, 11) is 0. The number of amides is 1. The molecule has 4 nitrogen and oxygen atoms in total. The Balaban J connectivity index is 0.00000150. The minimum atomic E-state index is 0. The van der Waals surface area contributed by atoms with Crippen molar-refractivity contribution in [1.82, 2.24) is 10.2 Å². The molecule has 0 bridgehead atoms. The number of rotatable bonds is 6. The van der Waals surface area contributed by atoms with Gasteiger partial charge in [0.15, 0.2) is 0 Å². The number of hydrogen-bond acceptors (Lipinski definition) is 3. The number of halogens is 2. The zero-order valence-corrected chi connectivity index (χ0v) is 18.4. The van der Waals surface area contributed by atoms with Crippen LogP contribution < -0.4 is 10.2 Å². The Labute approximate surface area is 186 Å². The molecule has 2 heterocycles. The van der Waals surface area contributed by atoms with Crippen molar-refractivity contribution in [2.75, 3.05) is 37.6 Å². The second-order valence-electron chi connectivity index (χ2n) is 7.64. The van der Waals surface area contributed by atoms with Crippen molar-refractivity contribution in [3.05, 3.63) is 65.7 Å². The summed E-state index contributed by atoms with van der Waals surface area (Å²) in [5, 5.41) is 3.03. The van der Waals surface area contributed by atoms with Gasteiger partial charge in [0.2, 0.25) is 0 Å². The van der Waals surface area contributed by atoms with Crippen LogP contribution in [0.25, 0.3) is 0 Å². The van der Waals surface area contributed by atoms with Gasteiger partial charge in [-0.15, -0.1) is 24.8 Å². The number of benzene rings is 2. The smallest absolute Gasteiger partial charge is 0.251 e. The molecule has 6 heteroatoms. The van der Waals surface area contributed by atoms with E-state index in [0.717, 1.165) is 44.6 Å². The monoisotopic (exact) mass is 435 g/mol. The molecule has 29 heavy (non-hydrogen) atoms. The Morgan fingerprint density at radius 3 is 2.55 bits per heavy atom. The highest BCUT2D eigenvalue weighted by atomic mass is 35.5. The molecule has 2 aliphatic rings. The van der Waals surface area contributed by atoms with Crippen LogP contribution in [0.3, 0.4) is 0 Å². The first kappa shape index (κ1) is 23.5. The molecule has 2 aromatic rings. The minimum Gasteiger partial charge on any atom is -0.366 e. The molecule has 0 aliphatic carbocycles. The summed E-state index contributed by atoms with van der Waals surface area (Å²) in [4.78, 5) is 17.3. The number of para-hydroxylation sites is 1. The second-order valence-corrected chi connectivity index (χ2v) is 7.64. The third-order valence-corrected chi connectivity index (χ3v) is 5.84.